The number of esters is 1. The SMILES string of the molecule is CCNC(=NCc1oc2ccccc2c1C)NCCCCC(=O)OC. The molecule has 0 aliphatic carbocycles. The Balaban J connectivity index is 1.90. The summed E-state index contributed by atoms with van der Waals surface area (Å²) in [5.41, 5.74) is 2.03. The summed E-state index contributed by atoms with van der Waals surface area (Å²) in [6.07, 6.45) is 2.12. The third-order valence-corrected chi connectivity index (χ3v) is 4.00. The first kappa shape index (κ1) is 18.8. The van der Waals surface area contributed by atoms with Crippen molar-refractivity contribution >= 4 is 22.9 Å². The topological polar surface area (TPSA) is 75.9 Å². The largest absolute Gasteiger partial charge is 0.469 e. The number of nitrogens with one attached hydrogen (secondary N) is 2. The molecule has 1 heterocycles. The van der Waals surface area contributed by atoms with Crippen molar-refractivity contribution in [2.75, 3.05) is 20.2 Å². The van der Waals surface area contributed by atoms with Crippen molar-refractivity contribution in [3.05, 3.63) is 35.6 Å². The Morgan fingerprint density at radius 1 is 1.24 bits per heavy atom. The second-order valence-electron chi connectivity index (χ2n) is 5.80. The standard InChI is InChI=1S/C19H27N3O3/c1-4-20-19(21-12-8-7-11-18(23)24-3)22-13-17-14(2)15-9-5-6-10-16(15)25-17/h5-6,9-10H,4,7-8,11-13H2,1-3H3,(H2,20,21,22). The van der Waals surface area contributed by atoms with Gasteiger partial charge in [-0.05, 0) is 32.8 Å². The molecule has 6 heteroatoms. The normalized spacial score (nSPS) is 11.6. The van der Waals surface area contributed by atoms with E-state index in [1.807, 2.05) is 25.1 Å². The van der Waals surface area contributed by atoms with Crippen molar-refractivity contribution in [2.45, 2.75) is 39.7 Å². The Kier molecular flexibility index (Phi) is 7.32. The number of para-hydroxylation sites is 1. The number of ether oxygens (including phenoxy) is 1. The first-order valence-corrected chi connectivity index (χ1v) is 8.71. The maximum absolute atomic E-state index is 11.1. The van der Waals surface area contributed by atoms with E-state index in [1.54, 1.807) is 0 Å². The van der Waals surface area contributed by atoms with Crippen LogP contribution in [0.2, 0.25) is 0 Å². The predicted molar refractivity (Wildman–Crippen MR) is 99.6 cm³/mol. The molecule has 0 aliphatic heterocycles. The van der Waals surface area contributed by atoms with E-state index in [2.05, 4.69) is 33.4 Å². The minimum absolute atomic E-state index is 0.166. The number of unbranched alkanes of at least 4 members (excludes halogenated alkanes) is 1. The van der Waals surface area contributed by atoms with Gasteiger partial charge in [0.05, 0.1) is 7.11 Å². The van der Waals surface area contributed by atoms with Gasteiger partial charge in [-0.15, -0.1) is 0 Å². The van der Waals surface area contributed by atoms with E-state index in [4.69, 9.17) is 4.42 Å². The monoisotopic (exact) mass is 345 g/mol. The number of carbonyl (C=O) groups is 1. The Labute approximate surface area is 148 Å². The number of hydrogen-bond acceptors (Lipinski definition) is 4. The number of nitrogens with zero attached hydrogens (tertiary/aromatic N) is 1. The number of hydrogen-bond donors (Lipinski definition) is 2. The number of furan rings is 1. The lowest BCUT2D eigenvalue weighted by Gasteiger charge is -2.10. The van der Waals surface area contributed by atoms with Gasteiger partial charge in [0.2, 0.25) is 0 Å². The number of fused-ring (bicyclic) bond motifs is 1. The minimum atomic E-state index is -0.166. The van der Waals surface area contributed by atoms with Crippen molar-refractivity contribution in [1.29, 1.82) is 0 Å². The molecule has 0 fully saturated rings. The lowest BCUT2D eigenvalue weighted by atomic mass is 10.1. The van der Waals surface area contributed by atoms with Gasteiger partial charge in [0.15, 0.2) is 5.96 Å². The van der Waals surface area contributed by atoms with Gasteiger partial charge < -0.3 is 19.8 Å². The predicted octanol–water partition coefficient (Wildman–Crippen LogP) is 3.14. The van der Waals surface area contributed by atoms with Gasteiger partial charge in [0.25, 0.3) is 0 Å². The maximum atomic E-state index is 11.1. The van der Waals surface area contributed by atoms with E-state index in [9.17, 15) is 4.79 Å². The Hall–Kier alpha value is -2.50. The zero-order valence-corrected chi connectivity index (χ0v) is 15.2. The van der Waals surface area contributed by atoms with Crippen LogP contribution in [0.3, 0.4) is 0 Å². The fourth-order valence-corrected chi connectivity index (χ4v) is 2.57. The molecular formula is C19H27N3O3. The molecule has 0 spiro atoms. The number of aliphatic imine (C=N–C) groups is 1. The van der Waals surface area contributed by atoms with Gasteiger partial charge in [0, 0.05) is 30.5 Å². The number of rotatable bonds is 8. The van der Waals surface area contributed by atoms with Crippen LogP contribution < -0.4 is 10.6 Å². The van der Waals surface area contributed by atoms with Crippen LogP contribution in [0.25, 0.3) is 11.0 Å². The molecule has 0 saturated heterocycles. The lowest BCUT2D eigenvalue weighted by molar-refractivity contribution is -0.140. The molecule has 0 amide bonds. The maximum Gasteiger partial charge on any atom is 0.305 e. The minimum Gasteiger partial charge on any atom is -0.469 e. The second kappa shape index (κ2) is 9.71. The summed E-state index contributed by atoms with van der Waals surface area (Å²) >= 11 is 0. The molecular weight excluding hydrogens is 318 g/mol. The number of guanidine groups is 1. The van der Waals surface area contributed by atoms with Crippen LogP contribution in [0.4, 0.5) is 0 Å². The van der Waals surface area contributed by atoms with E-state index in [0.717, 1.165) is 54.2 Å². The Morgan fingerprint density at radius 2 is 2.04 bits per heavy atom. The smallest absolute Gasteiger partial charge is 0.305 e. The van der Waals surface area contributed by atoms with Crippen molar-refractivity contribution in [1.82, 2.24) is 10.6 Å². The highest BCUT2D eigenvalue weighted by Gasteiger charge is 2.09. The highest BCUT2D eigenvalue weighted by molar-refractivity contribution is 5.82. The van der Waals surface area contributed by atoms with E-state index >= 15 is 0 Å². The van der Waals surface area contributed by atoms with Crippen LogP contribution in [0.1, 0.15) is 37.5 Å². The van der Waals surface area contributed by atoms with Crippen molar-refractivity contribution < 1.29 is 13.9 Å². The van der Waals surface area contributed by atoms with E-state index in [-0.39, 0.29) is 5.97 Å². The average Bonchev–Trinajstić information content (AvgIpc) is 2.95. The molecule has 25 heavy (non-hydrogen) atoms. The molecule has 1 aromatic heterocycles. The van der Waals surface area contributed by atoms with Crippen LogP contribution in [-0.4, -0.2) is 32.1 Å². The van der Waals surface area contributed by atoms with E-state index in [1.165, 1.54) is 7.11 Å². The lowest BCUT2D eigenvalue weighted by Crippen LogP contribution is -2.37. The van der Waals surface area contributed by atoms with E-state index < -0.39 is 0 Å². The van der Waals surface area contributed by atoms with Crippen molar-refractivity contribution in [3.8, 4) is 0 Å². The molecule has 0 atom stereocenters. The molecule has 6 nitrogen and oxygen atoms in total. The quantitative estimate of drug-likeness (QED) is 0.333. The number of aryl methyl sites for hydroxylation is 1. The molecule has 0 unspecified atom stereocenters. The molecule has 1 aromatic carbocycles. The van der Waals surface area contributed by atoms with Gasteiger partial charge in [-0.2, -0.15) is 0 Å². The summed E-state index contributed by atoms with van der Waals surface area (Å²) in [5.74, 6) is 1.46. The van der Waals surface area contributed by atoms with Crippen LogP contribution >= 0.6 is 0 Å². The highest BCUT2D eigenvalue weighted by atomic mass is 16.5. The van der Waals surface area contributed by atoms with Gasteiger partial charge in [-0.3, -0.25) is 4.79 Å². The summed E-state index contributed by atoms with van der Waals surface area (Å²) in [5, 5.41) is 7.64. The Bertz CT molecular complexity index is 722. The second-order valence-corrected chi connectivity index (χ2v) is 5.80. The number of methoxy groups -OCH3 is 1. The van der Waals surface area contributed by atoms with Gasteiger partial charge >= 0.3 is 5.97 Å². The van der Waals surface area contributed by atoms with Gasteiger partial charge in [-0.25, -0.2) is 4.99 Å². The van der Waals surface area contributed by atoms with Crippen molar-refractivity contribution in [2.24, 2.45) is 4.99 Å². The Morgan fingerprint density at radius 3 is 2.76 bits per heavy atom. The zero-order valence-electron chi connectivity index (χ0n) is 15.2. The van der Waals surface area contributed by atoms with Crippen LogP contribution in [-0.2, 0) is 16.1 Å². The summed E-state index contributed by atoms with van der Waals surface area (Å²) in [4.78, 5) is 15.7. The zero-order chi connectivity index (χ0) is 18.1. The van der Waals surface area contributed by atoms with Crippen LogP contribution in [0.15, 0.2) is 33.7 Å². The molecule has 2 N–H and O–H groups in total. The fourth-order valence-electron chi connectivity index (χ4n) is 2.57. The molecule has 0 saturated carbocycles. The molecule has 0 aliphatic rings. The molecule has 0 radical (unpaired) electrons. The summed E-state index contributed by atoms with van der Waals surface area (Å²) in [6.45, 7) is 6.11. The average molecular weight is 345 g/mol. The molecule has 2 rings (SSSR count). The number of benzene rings is 1. The first-order chi connectivity index (χ1) is 12.2. The molecule has 136 valence electrons. The fraction of sp³-hybridized carbons (Fsp3) is 0.474. The third-order valence-electron chi connectivity index (χ3n) is 4.00. The van der Waals surface area contributed by atoms with Crippen molar-refractivity contribution in [3.63, 3.8) is 0 Å². The molecule has 0 bridgehead atoms. The van der Waals surface area contributed by atoms with Gasteiger partial charge in [0.1, 0.15) is 17.9 Å². The third kappa shape index (κ3) is 5.52. The number of carbonyl (C=O) groups excluding carboxylic acids is 1. The van der Waals surface area contributed by atoms with Crippen LogP contribution in [0.5, 0.6) is 0 Å². The molecule has 2 aromatic rings. The first-order valence-electron chi connectivity index (χ1n) is 8.71. The highest BCUT2D eigenvalue weighted by Crippen LogP contribution is 2.25. The van der Waals surface area contributed by atoms with Gasteiger partial charge in [-0.1, -0.05) is 18.2 Å². The summed E-state index contributed by atoms with van der Waals surface area (Å²) < 4.78 is 10.5. The van der Waals surface area contributed by atoms with Crippen LogP contribution in [0, 0.1) is 6.92 Å². The summed E-state index contributed by atoms with van der Waals surface area (Å²) in [6, 6.07) is 8.02. The van der Waals surface area contributed by atoms with E-state index in [0.29, 0.717) is 13.0 Å². The summed E-state index contributed by atoms with van der Waals surface area (Å²) in [7, 11) is 1.41.